The SMILES string of the molecule is CC(C)(C)[S+]([O-])N[C@@H]1C/C=C\C[C@@H](CN2CCCC2)S[C@H]2O[C@H]1[C@H](O)[C@H](O)[C@H]2O. The van der Waals surface area contributed by atoms with Crippen LogP contribution in [0.4, 0.5) is 0 Å². The van der Waals surface area contributed by atoms with Crippen molar-refractivity contribution >= 4 is 23.1 Å². The number of fused-ring (bicyclic) bond motifs is 2. The number of rotatable bonds is 4. The first-order valence-corrected chi connectivity index (χ1v) is 12.7. The summed E-state index contributed by atoms with van der Waals surface area (Å²) in [5.41, 5.74) is -0.634. The molecular formula is C20H36N2O5S2. The maximum atomic E-state index is 12.7. The van der Waals surface area contributed by atoms with E-state index in [4.69, 9.17) is 4.74 Å². The predicted molar refractivity (Wildman–Crippen MR) is 117 cm³/mol. The summed E-state index contributed by atoms with van der Waals surface area (Å²) in [4.78, 5) is 2.44. The van der Waals surface area contributed by atoms with Crippen LogP contribution in [0.5, 0.6) is 0 Å². The molecular weight excluding hydrogens is 412 g/mol. The van der Waals surface area contributed by atoms with Crippen molar-refractivity contribution in [2.24, 2.45) is 0 Å². The standard InChI is InChI=1S/C20H36N2O5S2/c1-20(2,3)29(26)21-14-9-5-4-8-13(12-22-10-6-7-11-22)28-19-17(25)15(23)16(24)18(14)27-19/h4-5,13-19,21,23-25H,6-12H2,1-3H3/b5-4-/t13-,14+,15-,16+,17+,18+,19+,29?/m0/s1. The summed E-state index contributed by atoms with van der Waals surface area (Å²) in [5, 5.41) is 31.9. The number of hydrogen-bond acceptors (Lipinski definition) is 8. The van der Waals surface area contributed by atoms with Gasteiger partial charge in [-0.05, 0) is 59.5 Å². The second-order valence-corrected chi connectivity index (χ2v) is 12.7. The van der Waals surface area contributed by atoms with Crippen LogP contribution < -0.4 is 4.72 Å². The van der Waals surface area contributed by atoms with Gasteiger partial charge in [0.1, 0.15) is 34.6 Å². The minimum absolute atomic E-state index is 0.236. The average molecular weight is 449 g/mol. The normalized spacial score (nSPS) is 41.8. The number of nitrogens with one attached hydrogen (secondary N) is 1. The molecule has 0 radical (unpaired) electrons. The minimum atomic E-state index is -1.35. The van der Waals surface area contributed by atoms with Crippen molar-refractivity contribution in [2.75, 3.05) is 19.6 Å². The zero-order valence-corrected chi connectivity index (χ0v) is 19.2. The van der Waals surface area contributed by atoms with Gasteiger partial charge in [-0.3, -0.25) is 0 Å². The smallest absolute Gasteiger partial charge is 0.136 e. The van der Waals surface area contributed by atoms with Crippen molar-refractivity contribution in [3.63, 3.8) is 0 Å². The van der Waals surface area contributed by atoms with E-state index in [1.165, 1.54) is 24.6 Å². The lowest BCUT2D eigenvalue weighted by Gasteiger charge is -2.44. The average Bonchev–Trinajstić information content (AvgIpc) is 3.16. The highest BCUT2D eigenvalue weighted by Gasteiger charge is 2.48. The molecule has 0 aromatic carbocycles. The maximum absolute atomic E-state index is 12.7. The third-order valence-electron chi connectivity index (χ3n) is 5.76. The van der Waals surface area contributed by atoms with Crippen LogP contribution in [0.15, 0.2) is 12.2 Å². The molecule has 9 heteroatoms. The summed E-state index contributed by atoms with van der Waals surface area (Å²) in [6.07, 6.45) is 3.53. The molecule has 1 unspecified atom stereocenters. The molecule has 4 N–H and O–H groups in total. The first-order chi connectivity index (χ1) is 13.7. The molecule has 0 aromatic heterocycles. The second kappa shape index (κ2) is 10.2. The van der Waals surface area contributed by atoms with Crippen molar-refractivity contribution in [2.45, 2.75) is 92.3 Å². The lowest BCUT2D eigenvalue weighted by atomic mass is 9.93. The van der Waals surface area contributed by atoms with Crippen LogP contribution in [0, 0.1) is 0 Å². The predicted octanol–water partition coefficient (Wildman–Crippen LogP) is 0.762. The zero-order valence-electron chi connectivity index (χ0n) is 17.6. The van der Waals surface area contributed by atoms with E-state index in [0.717, 1.165) is 26.1 Å². The molecule has 0 amide bonds. The Kier molecular flexibility index (Phi) is 8.36. The summed E-state index contributed by atoms with van der Waals surface area (Å²) >= 11 is 0.185. The first-order valence-electron chi connectivity index (χ1n) is 10.6. The molecule has 3 heterocycles. The van der Waals surface area contributed by atoms with Gasteiger partial charge in [-0.15, -0.1) is 16.5 Å². The van der Waals surface area contributed by atoms with Gasteiger partial charge < -0.3 is 29.5 Å². The van der Waals surface area contributed by atoms with E-state index in [-0.39, 0.29) is 5.25 Å². The first kappa shape index (κ1) is 23.8. The Bertz CT molecular complexity index is 555. The highest BCUT2D eigenvalue weighted by atomic mass is 32.2. The van der Waals surface area contributed by atoms with E-state index in [2.05, 4.69) is 15.7 Å². The molecule has 3 aliphatic rings. The molecule has 0 aliphatic carbocycles. The van der Waals surface area contributed by atoms with Crippen LogP contribution in [0.3, 0.4) is 0 Å². The Balaban J connectivity index is 1.77. The van der Waals surface area contributed by atoms with Crippen LogP contribution in [0.1, 0.15) is 46.5 Å². The molecule has 8 atom stereocenters. The number of allylic oxidation sites excluding steroid dienone is 1. The molecule has 3 aliphatic heterocycles. The number of aliphatic hydroxyl groups is 3. The fourth-order valence-corrected chi connectivity index (χ4v) is 6.26. The second-order valence-electron chi connectivity index (χ2n) is 9.25. The van der Waals surface area contributed by atoms with Gasteiger partial charge in [0.05, 0.1) is 6.04 Å². The summed E-state index contributed by atoms with van der Waals surface area (Å²) in [7, 11) is 0. The summed E-state index contributed by atoms with van der Waals surface area (Å²) < 4.78 is 21.4. The van der Waals surface area contributed by atoms with Gasteiger partial charge in [0.25, 0.3) is 0 Å². The zero-order chi connectivity index (χ0) is 21.2. The van der Waals surface area contributed by atoms with Gasteiger partial charge in [-0.1, -0.05) is 12.2 Å². The molecule has 168 valence electrons. The van der Waals surface area contributed by atoms with Gasteiger partial charge in [-0.25, -0.2) is 0 Å². The Hall–Kier alpha value is 0.160. The number of nitrogens with zero attached hydrogens (tertiary/aromatic N) is 1. The maximum Gasteiger partial charge on any atom is 0.136 e. The Morgan fingerprint density at radius 1 is 1.10 bits per heavy atom. The number of thioether (sulfide) groups is 1. The van der Waals surface area contributed by atoms with E-state index < -0.39 is 52.0 Å². The number of hydrogen-bond donors (Lipinski definition) is 4. The topological polar surface area (TPSA) is 108 Å². The van der Waals surface area contributed by atoms with E-state index in [1.54, 1.807) is 0 Å². The summed E-state index contributed by atoms with van der Waals surface area (Å²) in [6.45, 7) is 8.76. The Morgan fingerprint density at radius 2 is 1.76 bits per heavy atom. The molecule has 7 nitrogen and oxygen atoms in total. The van der Waals surface area contributed by atoms with Crippen LogP contribution >= 0.6 is 11.8 Å². The van der Waals surface area contributed by atoms with Gasteiger partial charge in [-0.2, -0.15) is 0 Å². The fraction of sp³-hybridized carbons (Fsp3) is 0.900. The van der Waals surface area contributed by atoms with Gasteiger partial charge in [0, 0.05) is 23.2 Å². The monoisotopic (exact) mass is 448 g/mol. The van der Waals surface area contributed by atoms with Crippen molar-refractivity contribution in [3.05, 3.63) is 12.2 Å². The summed E-state index contributed by atoms with van der Waals surface area (Å²) in [6, 6.07) is -0.429. The molecule has 2 fully saturated rings. The number of ether oxygens (including phenoxy) is 1. The van der Waals surface area contributed by atoms with E-state index in [9.17, 15) is 19.9 Å². The van der Waals surface area contributed by atoms with Crippen molar-refractivity contribution in [1.82, 2.24) is 9.62 Å². The molecule has 2 saturated heterocycles. The molecule has 29 heavy (non-hydrogen) atoms. The van der Waals surface area contributed by atoms with Crippen LogP contribution in [0.25, 0.3) is 0 Å². The third-order valence-corrected chi connectivity index (χ3v) is 8.77. The molecule has 2 bridgehead atoms. The van der Waals surface area contributed by atoms with Gasteiger partial charge >= 0.3 is 0 Å². The lowest BCUT2D eigenvalue weighted by molar-refractivity contribution is -0.203. The minimum Gasteiger partial charge on any atom is -0.598 e. The molecule has 0 aromatic rings. The number of aliphatic hydroxyl groups excluding tert-OH is 3. The molecule has 0 saturated carbocycles. The van der Waals surface area contributed by atoms with Gasteiger partial charge in [0.2, 0.25) is 0 Å². The van der Waals surface area contributed by atoms with E-state index in [1.807, 2.05) is 26.8 Å². The van der Waals surface area contributed by atoms with E-state index >= 15 is 0 Å². The van der Waals surface area contributed by atoms with Crippen LogP contribution in [-0.4, -0.2) is 90.3 Å². The lowest BCUT2D eigenvalue weighted by Crippen LogP contribution is -2.63. The number of likely N-dealkylation sites (tertiary alicyclic amines) is 1. The van der Waals surface area contributed by atoms with Crippen LogP contribution in [0.2, 0.25) is 0 Å². The molecule has 3 rings (SSSR count). The molecule has 0 spiro atoms. The quantitative estimate of drug-likeness (QED) is 0.369. The Morgan fingerprint density at radius 3 is 2.41 bits per heavy atom. The van der Waals surface area contributed by atoms with Gasteiger partial charge in [0.15, 0.2) is 0 Å². The van der Waals surface area contributed by atoms with Crippen molar-refractivity contribution in [3.8, 4) is 0 Å². The fourth-order valence-electron chi connectivity index (χ4n) is 3.99. The summed E-state index contributed by atoms with van der Waals surface area (Å²) in [5.74, 6) is 0. The van der Waals surface area contributed by atoms with Crippen LogP contribution in [-0.2, 0) is 16.1 Å². The highest BCUT2D eigenvalue weighted by molar-refractivity contribution is 8.00. The van der Waals surface area contributed by atoms with Crippen molar-refractivity contribution in [1.29, 1.82) is 0 Å². The highest BCUT2D eigenvalue weighted by Crippen LogP contribution is 2.35. The third kappa shape index (κ3) is 6.11. The van der Waals surface area contributed by atoms with Crippen molar-refractivity contribution < 1.29 is 24.6 Å². The largest absolute Gasteiger partial charge is 0.598 e. The Labute approximate surface area is 181 Å². The van der Waals surface area contributed by atoms with E-state index in [0.29, 0.717) is 6.42 Å².